The van der Waals surface area contributed by atoms with Gasteiger partial charge in [0.2, 0.25) is 5.91 Å². The molecule has 126 valence electrons. The Hall–Kier alpha value is -2.89. The van der Waals surface area contributed by atoms with Crippen LogP contribution in [0.3, 0.4) is 0 Å². The fourth-order valence-electron chi connectivity index (χ4n) is 2.06. The van der Waals surface area contributed by atoms with Crippen LogP contribution in [0.2, 0.25) is 0 Å². The molecule has 0 heterocycles. The first kappa shape index (κ1) is 17.5. The summed E-state index contributed by atoms with van der Waals surface area (Å²) in [6.45, 7) is 1.82. The largest absolute Gasteiger partial charge is 0.349 e. The number of rotatable bonds is 4. The van der Waals surface area contributed by atoms with Crippen LogP contribution >= 0.6 is 0 Å². The van der Waals surface area contributed by atoms with Crippen LogP contribution in [0.15, 0.2) is 42.5 Å². The topological polar surface area (TPSA) is 61.4 Å². The number of amides is 3. The quantitative estimate of drug-likeness (QED) is 0.903. The van der Waals surface area contributed by atoms with Crippen LogP contribution in [-0.4, -0.2) is 30.9 Å². The van der Waals surface area contributed by atoms with Crippen LogP contribution < -0.4 is 10.6 Å². The van der Waals surface area contributed by atoms with E-state index in [9.17, 15) is 14.0 Å². The molecule has 5 nitrogen and oxygen atoms in total. The smallest absolute Gasteiger partial charge is 0.323 e. The molecule has 2 aromatic carbocycles. The number of halogens is 1. The molecular weight excluding hydrogens is 309 g/mol. The Kier molecular flexibility index (Phi) is 5.52. The molecule has 0 radical (unpaired) electrons. The number of hydrogen-bond donors (Lipinski definition) is 2. The molecule has 0 unspecified atom stereocenters. The number of urea groups is 1. The molecule has 0 bridgehead atoms. The molecule has 0 saturated carbocycles. The molecule has 0 aliphatic heterocycles. The third kappa shape index (κ3) is 4.81. The van der Waals surface area contributed by atoms with E-state index in [4.69, 9.17) is 0 Å². The van der Waals surface area contributed by atoms with E-state index in [1.165, 1.54) is 11.0 Å². The number of hydrogen-bond acceptors (Lipinski definition) is 2. The number of aryl methyl sites for hydroxylation is 1. The number of nitrogens with zero attached hydrogens (tertiary/aromatic N) is 1. The van der Waals surface area contributed by atoms with Gasteiger partial charge in [-0.3, -0.25) is 4.79 Å². The summed E-state index contributed by atoms with van der Waals surface area (Å²) < 4.78 is 13.6. The summed E-state index contributed by atoms with van der Waals surface area (Å²) in [4.78, 5) is 25.1. The van der Waals surface area contributed by atoms with E-state index < -0.39 is 11.8 Å². The van der Waals surface area contributed by atoms with Crippen molar-refractivity contribution in [2.75, 3.05) is 24.7 Å². The normalized spacial score (nSPS) is 10.2. The number of anilines is 2. The van der Waals surface area contributed by atoms with E-state index in [0.29, 0.717) is 12.1 Å². The van der Waals surface area contributed by atoms with Crippen molar-refractivity contribution in [3.05, 3.63) is 59.4 Å². The van der Waals surface area contributed by atoms with E-state index >= 15 is 0 Å². The Morgan fingerprint density at radius 2 is 1.71 bits per heavy atom. The monoisotopic (exact) mass is 329 g/mol. The lowest BCUT2D eigenvalue weighted by atomic mass is 10.1. The van der Waals surface area contributed by atoms with Crippen LogP contribution in [0.1, 0.15) is 11.1 Å². The lowest BCUT2D eigenvalue weighted by Crippen LogP contribution is -2.23. The van der Waals surface area contributed by atoms with Gasteiger partial charge in [0.15, 0.2) is 0 Å². The van der Waals surface area contributed by atoms with E-state index in [1.54, 1.807) is 50.5 Å². The Labute approximate surface area is 140 Å². The zero-order chi connectivity index (χ0) is 17.7. The molecule has 2 rings (SSSR count). The molecule has 0 aliphatic rings. The molecule has 0 aliphatic carbocycles. The number of nitrogens with one attached hydrogen (secondary N) is 2. The van der Waals surface area contributed by atoms with Gasteiger partial charge in [-0.25, -0.2) is 9.18 Å². The third-order valence-electron chi connectivity index (χ3n) is 3.44. The lowest BCUT2D eigenvalue weighted by molar-refractivity contribution is -0.127. The molecule has 2 aromatic rings. The number of benzene rings is 2. The molecule has 3 amide bonds. The lowest BCUT2D eigenvalue weighted by Gasteiger charge is -2.11. The van der Waals surface area contributed by atoms with Gasteiger partial charge in [-0.15, -0.1) is 0 Å². The Morgan fingerprint density at radius 1 is 1.04 bits per heavy atom. The second kappa shape index (κ2) is 7.59. The minimum Gasteiger partial charge on any atom is -0.349 e. The van der Waals surface area contributed by atoms with Crippen LogP contribution in [0, 0.1) is 12.7 Å². The highest BCUT2D eigenvalue weighted by Gasteiger charge is 2.08. The standard InChI is InChI=1S/C18H20FN3O2/c1-12-4-9-15(19)16(10-12)21-18(24)20-14-7-5-13(6-8-14)11-17(23)22(2)3/h4-10H,11H2,1-3H3,(H2,20,21,24). The predicted octanol–water partition coefficient (Wildman–Crippen LogP) is 3.41. The molecule has 6 heteroatoms. The second-order valence-corrected chi connectivity index (χ2v) is 5.72. The average Bonchev–Trinajstić information content (AvgIpc) is 2.52. The molecule has 0 spiro atoms. The van der Waals surface area contributed by atoms with Gasteiger partial charge >= 0.3 is 6.03 Å². The van der Waals surface area contributed by atoms with E-state index in [0.717, 1.165) is 11.1 Å². The maximum absolute atomic E-state index is 13.6. The number of carbonyl (C=O) groups excluding carboxylic acids is 2. The van der Waals surface area contributed by atoms with Crippen molar-refractivity contribution in [2.24, 2.45) is 0 Å². The van der Waals surface area contributed by atoms with Crippen molar-refractivity contribution < 1.29 is 14.0 Å². The molecule has 0 atom stereocenters. The first-order chi connectivity index (χ1) is 11.3. The fourth-order valence-corrected chi connectivity index (χ4v) is 2.06. The molecule has 0 saturated heterocycles. The highest BCUT2D eigenvalue weighted by atomic mass is 19.1. The van der Waals surface area contributed by atoms with E-state index in [-0.39, 0.29) is 11.6 Å². The van der Waals surface area contributed by atoms with Crippen molar-refractivity contribution >= 4 is 23.3 Å². The molecule has 0 fully saturated rings. The van der Waals surface area contributed by atoms with Gasteiger partial charge in [-0.05, 0) is 42.3 Å². The van der Waals surface area contributed by atoms with Gasteiger partial charge in [0.25, 0.3) is 0 Å². The van der Waals surface area contributed by atoms with Crippen molar-refractivity contribution in [1.82, 2.24) is 4.90 Å². The van der Waals surface area contributed by atoms with E-state index in [1.807, 2.05) is 6.92 Å². The van der Waals surface area contributed by atoms with Crippen molar-refractivity contribution in [2.45, 2.75) is 13.3 Å². The maximum Gasteiger partial charge on any atom is 0.323 e. The van der Waals surface area contributed by atoms with Gasteiger partial charge in [0.05, 0.1) is 12.1 Å². The summed E-state index contributed by atoms with van der Waals surface area (Å²) in [6.07, 6.45) is 0.300. The zero-order valence-electron chi connectivity index (χ0n) is 13.9. The molecule has 2 N–H and O–H groups in total. The SMILES string of the molecule is Cc1ccc(F)c(NC(=O)Nc2ccc(CC(=O)N(C)C)cc2)c1. The first-order valence-electron chi connectivity index (χ1n) is 7.48. The fraction of sp³-hybridized carbons (Fsp3) is 0.222. The Bertz CT molecular complexity index is 742. The molecule has 24 heavy (non-hydrogen) atoms. The van der Waals surface area contributed by atoms with E-state index in [2.05, 4.69) is 10.6 Å². The third-order valence-corrected chi connectivity index (χ3v) is 3.44. The Morgan fingerprint density at radius 3 is 2.33 bits per heavy atom. The van der Waals surface area contributed by atoms with Gasteiger partial charge in [0.1, 0.15) is 5.82 Å². The Balaban J connectivity index is 1.97. The van der Waals surface area contributed by atoms with Gasteiger partial charge < -0.3 is 15.5 Å². The number of carbonyl (C=O) groups is 2. The van der Waals surface area contributed by atoms with Crippen LogP contribution in [-0.2, 0) is 11.2 Å². The summed E-state index contributed by atoms with van der Waals surface area (Å²) in [5, 5.41) is 5.10. The summed E-state index contributed by atoms with van der Waals surface area (Å²) >= 11 is 0. The van der Waals surface area contributed by atoms with Gasteiger partial charge in [-0.1, -0.05) is 18.2 Å². The predicted molar refractivity (Wildman–Crippen MR) is 92.6 cm³/mol. The maximum atomic E-state index is 13.6. The zero-order valence-corrected chi connectivity index (χ0v) is 13.9. The van der Waals surface area contributed by atoms with Crippen molar-refractivity contribution in [3.63, 3.8) is 0 Å². The molecule has 0 aromatic heterocycles. The van der Waals surface area contributed by atoms with Gasteiger partial charge in [-0.2, -0.15) is 0 Å². The number of likely N-dealkylation sites (N-methyl/N-ethyl adjacent to an activating group) is 1. The average molecular weight is 329 g/mol. The van der Waals surface area contributed by atoms with Gasteiger partial charge in [0, 0.05) is 19.8 Å². The summed E-state index contributed by atoms with van der Waals surface area (Å²) in [7, 11) is 3.40. The van der Waals surface area contributed by atoms with Crippen molar-refractivity contribution in [1.29, 1.82) is 0 Å². The van der Waals surface area contributed by atoms with Crippen LogP contribution in [0.4, 0.5) is 20.6 Å². The van der Waals surface area contributed by atoms with Crippen LogP contribution in [0.5, 0.6) is 0 Å². The van der Waals surface area contributed by atoms with Crippen LogP contribution in [0.25, 0.3) is 0 Å². The summed E-state index contributed by atoms with van der Waals surface area (Å²) in [6, 6.07) is 10.9. The minimum atomic E-state index is -0.531. The summed E-state index contributed by atoms with van der Waals surface area (Å²) in [5.74, 6) is -0.489. The first-order valence-corrected chi connectivity index (χ1v) is 7.48. The molecular formula is C18H20FN3O2. The summed E-state index contributed by atoms with van der Waals surface area (Å²) in [5.41, 5.74) is 2.38. The highest BCUT2D eigenvalue weighted by Crippen LogP contribution is 2.16. The minimum absolute atomic E-state index is 0.00312. The second-order valence-electron chi connectivity index (χ2n) is 5.72. The highest BCUT2D eigenvalue weighted by molar-refractivity contribution is 5.99. The van der Waals surface area contributed by atoms with Crippen molar-refractivity contribution in [3.8, 4) is 0 Å².